The first kappa shape index (κ1) is 23.6. The second-order valence-electron chi connectivity index (χ2n) is 6.57. The molecule has 0 saturated heterocycles. The van der Waals surface area contributed by atoms with Gasteiger partial charge in [0, 0.05) is 32.7 Å². The van der Waals surface area contributed by atoms with Gasteiger partial charge in [-0.2, -0.15) is 0 Å². The van der Waals surface area contributed by atoms with E-state index in [0.717, 1.165) is 4.90 Å². The van der Waals surface area contributed by atoms with Crippen LogP contribution in [0.4, 0.5) is 4.39 Å². The molecule has 1 heterocycles. The lowest BCUT2D eigenvalue weighted by Crippen LogP contribution is -2.13. The molecule has 0 aliphatic rings. The van der Waals surface area contributed by atoms with Gasteiger partial charge in [0.1, 0.15) is 11.5 Å². The Morgan fingerprint density at radius 1 is 1.23 bits per heavy atom. The molecule has 9 heteroatoms. The zero-order chi connectivity index (χ0) is 22.5. The molecular weight excluding hydrogens is 509 g/mol. The lowest BCUT2D eigenvalue weighted by molar-refractivity contribution is -0.143. The van der Waals surface area contributed by atoms with Crippen LogP contribution in [0.2, 0.25) is 5.02 Å². The van der Waals surface area contributed by atoms with E-state index in [1.54, 1.807) is 23.6 Å². The van der Waals surface area contributed by atoms with Crippen molar-refractivity contribution in [3.05, 3.63) is 57.4 Å². The van der Waals surface area contributed by atoms with Crippen LogP contribution in [0.1, 0.15) is 30.3 Å². The van der Waals surface area contributed by atoms with Crippen molar-refractivity contribution >= 4 is 62.1 Å². The van der Waals surface area contributed by atoms with Gasteiger partial charge in [-0.05, 0) is 65.7 Å². The summed E-state index contributed by atoms with van der Waals surface area (Å²) < 4.78 is 26.5. The SMILES string of the molecule is CCOC(=O)CCCn1c(C(=O)OC)c(Sc2ccc(Cl)cc2)c2c(Br)cc(F)cc21. The molecule has 0 fully saturated rings. The molecule has 0 atom stereocenters. The van der Waals surface area contributed by atoms with Gasteiger partial charge < -0.3 is 14.0 Å². The third kappa shape index (κ3) is 5.42. The zero-order valence-electron chi connectivity index (χ0n) is 16.9. The zero-order valence-corrected chi connectivity index (χ0v) is 20.1. The number of nitrogens with zero attached hydrogens (tertiary/aromatic N) is 1. The molecule has 0 unspecified atom stereocenters. The number of carbonyl (C=O) groups excluding carboxylic acids is 2. The Kier molecular flexibility index (Phi) is 8.02. The molecule has 0 spiro atoms. The fraction of sp³-hybridized carbons (Fsp3) is 0.273. The maximum Gasteiger partial charge on any atom is 0.355 e. The van der Waals surface area contributed by atoms with Crippen LogP contribution in [-0.4, -0.2) is 30.2 Å². The molecule has 3 aromatic rings. The molecule has 0 saturated carbocycles. The fourth-order valence-electron chi connectivity index (χ4n) is 3.23. The number of carbonyl (C=O) groups is 2. The smallest absolute Gasteiger partial charge is 0.355 e. The minimum atomic E-state index is -0.545. The summed E-state index contributed by atoms with van der Waals surface area (Å²) in [4.78, 5) is 26.0. The van der Waals surface area contributed by atoms with Crippen LogP contribution in [0.3, 0.4) is 0 Å². The van der Waals surface area contributed by atoms with Crippen molar-refractivity contribution in [1.29, 1.82) is 0 Å². The van der Waals surface area contributed by atoms with Crippen LogP contribution in [-0.2, 0) is 20.8 Å². The van der Waals surface area contributed by atoms with Crippen molar-refractivity contribution in [3.63, 3.8) is 0 Å². The van der Waals surface area contributed by atoms with Gasteiger partial charge in [0.05, 0.1) is 24.1 Å². The summed E-state index contributed by atoms with van der Waals surface area (Å²) in [5.74, 6) is -1.30. The Hall–Kier alpha value is -2.03. The third-order valence-electron chi connectivity index (χ3n) is 4.52. The molecular formula is C22H20BrClFNO4S. The normalized spacial score (nSPS) is 11.0. The van der Waals surface area contributed by atoms with E-state index in [9.17, 15) is 14.0 Å². The summed E-state index contributed by atoms with van der Waals surface area (Å²) in [6.07, 6.45) is 0.607. The van der Waals surface area contributed by atoms with E-state index in [1.165, 1.54) is 31.0 Å². The Balaban J connectivity index is 2.12. The second-order valence-corrected chi connectivity index (χ2v) is 8.94. The van der Waals surface area contributed by atoms with Crippen LogP contribution in [0.5, 0.6) is 0 Å². The highest BCUT2D eigenvalue weighted by atomic mass is 79.9. The number of halogens is 3. The van der Waals surface area contributed by atoms with Crippen molar-refractivity contribution in [1.82, 2.24) is 4.57 Å². The number of benzene rings is 2. The van der Waals surface area contributed by atoms with Gasteiger partial charge in [-0.3, -0.25) is 4.79 Å². The number of ether oxygens (including phenoxy) is 2. The van der Waals surface area contributed by atoms with Crippen LogP contribution < -0.4 is 0 Å². The van der Waals surface area contributed by atoms with Gasteiger partial charge >= 0.3 is 11.9 Å². The first-order valence-corrected chi connectivity index (χ1v) is 11.5. The number of hydrogen-bond donors (Lipinski definition) is 0. The van der Waals surface area contributed by atoms with E-state index in [0.29, 0.717) is 50.6 Å². The number of hydrogen-bond acceptors (Lipinski definition) is 5. The predicted octanol–water partition coefficient (Wildman–Crippen LogP) is 6.48. The topological polar surface area (TPSA) is 57.5 Å². The average Bonchev–Trinajstić information content (AvgIpc) is 3.02. The largest absolute Gasteiger partial charge is 0.466 e. The van der Waals surface area contributed by atoms with Crippen molar-refractivity contribution < 1.29 is 23.5 Å². The monoisotopic (exact) mass is 527 g/mol. The van der Waals surface area contributed by atoms with Gasteiger partial charge in [0.15, 0.2) is 0 Å². The number of esters is 2. The third-order valence-corrected chi connectivity index (χ3v) is 6.50. The standard InChI is InChI=1S/C22H20BrClFNO4S/c1-3-30-18(27)5-4-10-26-17-12-14(25)11-16(23)19(17)21(20(26)22(28)29-2)31-15-8-6-13(24)7-9-15/h6-9,11-12H,3-5,10H2,1-2H3. The van der Waals surface area contributed by atoms with E-state index in [1.807, 2.05) is 12.1 Å². The Labute approximate surface area is 197 Å². The highest BCUT2D eigenvalue weighted by Crippen LogP contribution is 2.43. The summed E-state index contributed by atoms with van der Waals surface area (Å²) in [6.45, 7) is 2.36. The molecule has 0 radical (unpaired) electrons. The number of aromatic nitrogens is 1. The summed E-state index contributed by atoms with van der Waals surface area (Å²) in [7, 11) is 1.30. The first-order chi connectivity index (χ1) is 14.8. The molecule has 0 bridgehead atoms. The Morgan fingerprint density at radius 3 is 2.58 bits per heavy atom. The lowest BCUT2D eigenvalue weighted by atomic mass is 10.2. The van der Waals surface area contributed by atoms with Crippen LogP contribution in [0.25, 0.3) is 10.9 Å². The molecule has 2 aromatic carbocycles. The van der Waals surface area contributed by atoms with Gasteiger partial charge in [-0.25, -0.2) is 9.18 Å². The van der Waals surface area contributed by atoms with Crippen LogP contribution >= 0.6 is 39.3 Å². The summed E-state index contributed by atoms with van der Waals surface area (Å²) >= 11 is 10.8. The molecule has 0 amide bonds. The fourth-order valence-corrected chi connectivity index (χ4v) is 5.22. The summed E-state index contributed by atoms with van der Waals surface area (Å²) in [5, 5.41) is 1.29. The van der Waals surface area contributed by atoms with Crippen molar-refractivity contribution in [2.45, 2.75) is 36.1 Å². The van der Waals surface area contributed by atoms with E-state index in [2.05, 4.69) is 15.9 Å². The maximum atomic E-state index is 14.3. The molecule has 164 valence electrons. The van der Waals surface area contributed by atoms with Crippen molar-refractivity contribution in [2.24, 2.45) is 0 Å². The highest BCUT2D eigenvalue weighted by molar-refractivity contribution is 9.10. The average molecular weight is 529 g/mol. The molecule has 5 nitrogen and oxygen atoms in total. The quantitative estimate of drug-likeness (QED) is 0.313. The van der Waals surface area contributed by atoms with Crippen molar-refractivity contribution in [3.8, 4) is 0 Å². The van der Waals surface area contributed by atoms with Crippen molar-refractivity contribution in [2.75, 3.05) is 13.7 Å². The number of aryl methyl sites for hydroxylation is 1. The molecule has 1 aromatic heterocycles. The van der Waals surface area contributed by atoms with Gasteiger partial charge in [-0.15, -0.1) is 0 Å². The van der Waals surface area contributed by atoms with Gasteiger partial charge in [0.25, 0.3) is 0 Å². The molecule has 3 rings (SSSR count). The number of methoxy groups -OCH3 is 1. The first-order valence-electron chi connectivity index (χ1n) is 9.54. The van der Waals surface area contributed by atoms with E-state index in [-0.39, 0.29) is 12.4 Å². The molecule has 0 aliphatic carbocycles. The lowest BCUT2D eigenvalue weighted by Gasteiger charge is -2.10. The maximum absolute atomic E-state index is 14.3. The Bertz CT molecular complexity index is 1120. The van der Waals surface area contributed by atoms with E-state index in [4.69, 9.17) is 21.1 Å². The number of rotatable bonds is 8. The molecule has 0 aliphatic heterocycles. The van der Waals surface area contributed by atoms with E-state index >= 15 is 0 Å². The summed E-state index contributed by atoms with van der Waals surface area (Å²) in [6, 6.07) is 9.94. The van der Waals surface area contributed by atoms with Crippen LogP contribution in [0.15, 0.2) is 50.7 Å². The van der Waals surface area contributed by atoms with Gasteiger partial charge in [-0.1, -0.05) is 23.4 Å². The van der Waals surface area contributed by atoms with E-state index < -0.39 is 11.8 Å². The molecule has 31 heavy (non-hydrogen) atoms. The minimum absolute atomic E-state index is 0.185. The molecule has 0 N–H and O–H groups in total. The minimum Gasteiger partial charge on any atom is -0.466 e. The highest BCUT2D eigenvalue weighted by Gasteiger charge is 2.26. The summed E-state index contributed by atoms with van der Waals surface area (Å²) in [5.41, 5.74) is 0.834. The van der Waals surface area contributed by atoms with Gasteiger partial charge in [0.2, 0.25) is 0 Å². The Morgan fingerprint density at radius 2 is 1.94 bits per heavy atom. The second kappa shape index (κ2) is 10.5. The van der Waals surface area contributed by atoms with Crippen LogP contribution in [0, 0.1) is 5.82 Å². The number of fused-ring (bicyclic) bond motifs is 1. The predicted molar refractivity (Wildman–Crippen MR) is 122 cm³/mol.